The maximum absolute atomic E-state index is 13.1. The lowest BCUT2D eigenvalue weighted by molar-refractivity contribution is -0.136. The number of allylic oxidation sites excluding steroid dienone is 1. The van der Waals surface area contributed by atoms with E-state index >= 15 is 0 Å². The van der Waals surface area contributed by atoms with Crippen molar-refractivity contribution in [2.75, 3.05) is 25.0 Å². The first-order valence-corrected chi connectivity index (χ1v) is 16.4. The smallest absolute Gasteiger partial charge is 0.262 e. The number of piperidine rings is 1. The molecule has 1 aromatic heterocycles. The zero-order valence-corrected chi connectivity index (χ0v) is 26.1. The van der Waals surface area contributed by atoms with E-state index in [0.29, 0.717) is 29.1 Å². The minimum Gasteiger partial charge on any atom is -0.388 e. The third kappa shape index (κ3) is 6.37. The molecule has 4 amide bonds. The van der Waals surface area contributed by atoms with E-state index in [1.54, 1.807) is 24.4 Å². The lowest BCUT2D eigenvalue weighted by Crippen LogP contribution is -2.54. The monoisotopic (exact) mass is 634 g/mol. The van der Waals surface area contributed by atoms with Gasteiger partial charge in [0.25, 0.3) is 11.8 Å². The molecule has 3 aromatic rings. The second-order valence-corrected chi connectivity index (χ2v) is 13.0. The minimum absolute atomic E-state index is 0.0932. The van der Waals surface area contributed by atoms with Crippen molar-refractivity contribution < 1.29 is 19.2 Å². The van der Waals surface area contributed by atoms with Crippen LogP contribution in [0.2, 0.25) is 0 Å². The molecule has 242 valence electrons. The second kappa shape index (κ2) is 13.0. The molecule has 4 heterocycles. The number of amides is 4. The summed E-state index contributed by atoms with van der Waals surface area (Å²) in [5.74, 6) is -0.724. The second-order valence-electron chi connectivity index (χ2n) is 13.0. The lowest BCUT2D eigenvalue weighted by atomic mass is 9.77. The third-order valence-corrected chi connectivity index (χ3v) is 9.72. The average molecular weight is 635 g/mol. The van der Waals surface area contributed by atoms with Gasteiger partial charge >= 0.3 is 0 Å². The quantitative estimate of drug-likeness (QED) is 0.114. The number of benzene rings is 2. The highest BCUT2D eigenvalue weighted by Gasteiger charge is 2.44. The van der Waals surface area contributed by atoms with Crippen molar-refractivity contribution >= 4 is 52.1 Å². The van der Waals surface area contributed by atoms with Gasteiger partial charge in [-0.2, -0.15) is 0 Å². The van der Waals surface area contributed by atoms with Crippen molar-refractivity contribution in [1.82, 2.24) is 30.8 Å². The number of nitrogens with zero attached hydrogens (tertiary/aromatic N) is 3. The van der Waals surface area contributed by atoms with Crippen LogP contribution in [-0.2, 0) is 16.0 Å². The standard InChI is InChI=1S/C35H38N8O4/c36-15-23(30-19-40-28-6-3-21(13-29(28)41-30)10-22-16-37-17-22)18-39-25-11-20(12-25)2-1-9-38-24-4-5-26-27(14-24)35(47)43(34(26)46)31-7-8-32(44)42-33(31)45/h3-6,13-15,18-20,22,25,31,36-39H,1-2,7-12,16-17H2,(H,42,44,45)/b23-18+,36-15?. The molecule has 12 heteroatoms. The number of anilines is 1. The van der Waals surface area contributed by atoms with Crippen molar-refractivity contribution in [2.45, 2.75) is 57.0 Å². The van der Waals surface area contributed by atoms with Gasteiger partial charge in [0.05, 0.1) is 34.1 Å². The van der Waals surface area contributed by atoms with E-state index in [2.05, 4.69) is 38.4 Å². The number of hydrogen-bond donors (Lipinski definition) is 5. The van der Waals surface area contributed by atoms with E-state index in [1.165, 1.54) is 11.8 Å². The van der Waals surface area contributed by atoms with Gasteiger partial charge in [0.1, 0.15) is 6.04 Å². The number of nitrogens with one attached hydrogen (secondary N) is 5. The van der Waals surface area contributed by atoms with Crippen LogP contribution < -0.4 is 21.3 Å². The zero-order valence-electron chi connectivity index (χ0n) is 26.1. The van der Waals surface area contributed by atoms with Crippen LogP contribution in [0.5, 0.6) is 0 Å². The lowest BCUT2D eigenvalue weighted by Gasteiger charge is -2.36. The average Bonchev–Trinajstić information content (AvgIpc) is 3.27. The summed E-state index contributed by atoms with van der Waals surface area (Å²) in [4.78, 5) is 60.2. The molecule has 3 fully saturated rings. The fourth-order valence-corrected chi connectivity index (χ4v) is 6.86. The topological polar surface area (TPSA) is 169 Å². The Balaban J connectivity index is 0.862. The molecular formula is C35H38N8O4. The Bertz CT molecular complexity index is 1800. The molecule has 4 aliphatic rings. The SMILES string of the molecule is N=C/C(=C\NC1CC(CCCNc2ccc3c(c2)C(=O)N(C2CCC(=O)NC2=O)C3=O)C1)c1cnc2ccc(CC3CNC3)cc2n1. The van der Waals surface area contributed by atoms with Gasteiger partial charge in [-0.15, -0.1) is 0 Å². The molecule has 1 saturated carbocycles. The Hall–Kier alpha value is -4.97. The molecule has 5 N–H and O–H groups in total. The van der Waals surface area contributed by atoms with Crippen molar-refractivity contribution in [3.63, 3.8) is 0 Å². The molecule has 47 heavy (non-hydrogen) atoms. The molecule has 2 saturated heterocycles. The van der Waals surface area contributed by atoms with E-state index in [-0.39, 0.29) is 24.0 Å². The molecule has 12 nitrogen and oxygen atoms in total. The number of carbonyl (C=O) groups is 4. The first-order valence-electron chi connectivity index (χ1n) is 16.4. The number of rotatable bonds is 12. The Labute approximate surface area is 272 Å². The summed E-state index contributed by atoms with van der Waals surface area (Å²) >= 11 is 0. The van der Waals surface area contributed by atoms with Crippen molar-refractivity contribution in [3.8, 4) is 0 Å². The summed E-state index contributed by atoms with van der Waals surface area (Å²) in [5.41, 5.74) is 5.66. The van der Waals surface area contributed by atoms with E-state index < -0.39 is 29.7 Å². The summed E-state index contributed by atoms with van der Waals surface area (Å²) < 4.78 is 0. The molecule has 2 aromatic carbocycles. The number of hydrogen-bond acceptors (Lipinski definition) is 10. The van der Waals surface area contributed by atoms with Gasteiger partial charge in [-0.05, 0) is 99.3 Å². The highest BCUT2D eigenvalue weighted by atomic mass is 16.2. The van der Waals surface area contributed by atoms with Gasteiger partial charge in [0, 0.05) is 42.7 Å². The molecule has 1 aliphatic carbocycles. The molecule has 0 bridgehead atoms. The number of aromatic nitrogens is 2. The van der Waals surface area contributed by atoms with Crippen molar-refractivity contribution in [2.24, 2.45) is 11.8 Å². The van der Waals surface area contributed by atoms with Gasteiger partial charge in [-0.1, -0.05) is 6.07 Å². The van der Waals surface area contributed by atoms with Crippen LogP contribution in [-0.4, -0.2) is 76.4 Å². The van der Waals surface area contributed by atoms with Gasteiger partial charge in [0.2, 0.25) is 11.8 Å². The van der Waals surface area contributed by atoms with Crippen LogP contribution in [0.4, 0.5) is 5.69 Å². The van der Waals surface area contributed by atoms with Crippen molar-refractivity contribution in [1.29, 1.82) is 5.41 Å². The fourth-order valence-electron chi connectivity index (χ4n) is 6.86. The predicted octanol–water partition coefficient (Wildman–Crippen LogP) is 3.04. The first-order chi connectivity index (χ1) is 22.9. The molecular weight excluding hydrogens is 596 g/mol. The molecule has 0 radical (unpaired) electrons. The van der Waals surface area contributed by atoms with Crippen molar-refractivity contribution in [3.05, 3.63) is 71.2 Å². The van der Waals surface area contributed by atoms with E-state index in [9.17, 15) is 19.2 Å². The summed E-state index contributed by atoms with van der Waals surface area (Å²) in [6.07, 6.45) is 10.3. The fraction of sp³-hybridized carbons (Fsp3) is 0.400. The maximum Gasteiger partial charge on any atom is 0.262 e. The summed E-state index contributed by atoms with van der Waals surface area (Å²) in [7, 11) is 0. The number of imide groups is 2. The zero-order chi connectivity index (χ0) is 32.5. The molecule has 0 spiro atoms. The van der Waals surface area contributed by atoms with E-state index in [1.807, 2.05) is 12.3 Å². The maximum atomic E-state index is 13.1. The van der Waals surface area contributed by atoms with Crippen LogP contribution in [0.25, 0.3) is 16.6 Å². The summed E-state index contributed by atoms with van der Waals surface area (Å²) in [6.45, 7) is 2.85. The van der Waals surface area contributed by atoms with Crippen LogP contribution >= 0.6 is 0 Å². The van der Waals surface area contributed by atoms with Gasteiger partial charge in [-0.3, -0.25) is 34.4 Å². The summed E-state index contributed by atoms with van der Waals surface area (Å²) in [5, 5.41) is 20.3. The Morgan fingerprint density at radius 1 is 1.00 bits per heavy atom. The first kappa shape index (κ1) is 30.7. The van der Waals surface area contributed by atoms with Crippen LogP contribution in [0, 0.1) is 17.2 Å². The van der Waals surface area contributed by atoms with Crippen LogP contribution in [0.3, 0.4) is 0 Å². The molecule has 1 unspecified atom stereocenters. The van der Waals surface area contributed by atoms with Crippen LogP contribution in [0.15, 0.2) is 48.8 Å². The Morgan fingerprint density at radius 2 is 1.83 bits per heavy atom. The van der Waals surface area contributed by atoms with E-state index in [4.69, 9.17) is 10.4 Å². The van der Waals surface area contributed by atoms with Gasteiger partial charge < -0.3 is 21.4 Å². The van der Waals surface area contributed by atoms with E-state index in [0.717, 1.165) is 73.4 Å². The van der Waals surface area contributed by atoms with Crippen LogP contribution in [0.1, 0.15) is 70.5 Å². The molecule has 3 aliphatic heterocycles. The minimum atomic E-state index is -0.968. The highest BCUT2D eigenvalue weighted by molar-refractivity contribution is 6.23. The summed E-state index contributed by atoms with van der Waals surface area (Å²) in [6, 6.07) is 10.7. The molecule has 7 rings (SSSR count). The number of carbonyl (C=O) groups excluding carboxylic acids is 4. The van der Waals surface area contributed by atoms with Gasteiger partial charge in [-0.25, -0.2) is 4.98 Å². The largest absolute Gasteiger partial charge is 0.388 e. The Morgan fingerprint density at radius 3 is 2.60 bits per heavy atom. The highest BCUT2D eigenvalue weighted by Crippen LogP contribution is 2.32. The Kier molecular flexibility index (Phi) is 8.50. The molecule has 1 atom stereocenters. The number of fused-ring (bicyclic) bond motifs is 2. The van der Waals surface area contributed by atoms with Gasteiger partial charge in [0.15, 0.2) is 0 Å². The normalized spacial score (nSPS) is 22.9. The third-order valence-electron chi connectivity index (χ3n) is 9.72. The predicted molar refractivity (Wildman–Crippen MR) is 177 cm³/mol.